The van der Waals surface area contributed by atoms with Crippen molar-refractivity contribution < 1.29 is 4.79 Å². The van der Waals surface area contributed by atoms with Crippen LogP contribution < -0.4 is 5.32 Å². The van der Waals surface area contributed by atoms with Crippen molar-refractivity contribution in [2.24, 2.45) is 7.05 Å². The van der Waals surface area contributed by atoms with Gasteiger partial charge in [-0.05, 0) is 23.8 Å². The molecule has 1 aromatic heterocycles. The van der Waals surface area contributed by atoms with E-state index in [1.807, 2.05) is 31.4 Å². The predicted octanol–water partition coefficient (Wildman–Crippen LogP) is 2.09. The van der Waals surface area contributed by atoms with Gasteiger partial charge in [0.2, 0.25) is 0 Å². The number of benzene rings is 1. The molecule has 18 heavy (non-hydrogen) atoms. The van der Waals surface area contributed by atoms with Gasteiger partial charge in [-0.25, -0.2) is 0 Å². The number of carbonyl (C=O) groups excluding carboxylic acids is 1. The van der Waals surface area contributed by atoms with E-state index in [-0.39, 0.29) is 5.91 Å². The Labute approximate surface area is 111 Å². The first kappa shape index (κ1) is 12.6. The molecule has 0 aliphatic heterocycles. The molecule has 1 N–H and O–H groups in total. The molecule has 0 radical (unpaired) electrons. The molecule has 4 nitrogen and oxygen atoms in total. The fourth-order valence-electron chi connectivity index (χ4n) is 1.63. The molecule has 0 aliphatic carbocycles. The van der Waals surface area contributed by atoms with E-state index >= 15 is 0 Å². The molecule has 0 unspecified atom stereocenters. The molecule has 1 aromatic carbocycles. The van der Waals surface area contributed by atoms with Crippen LogP contribution in [0.2, 0.25) is 0 Å². The summed E-state index contributed by atoms with van der Waals surface area (Å²) >= 11 is 5.73. The van der Waals surface area contributed by atoms with E-state index in [1.54, 1.807) is 16.8 Å². The third-order valence-corrected chi connectivity index (χ3v) is 2.85. The Balaban J connectivity index is 1.99. The molecule has 0 atom stereocenters. The van der Waals surface area contributed by atoms with Crippen molar-refractivity contribution in [3.63, 3.8) is 0 Å². The Morgan fingerprint density at radius 1 is 1.44 bits per heavy atom. The molecule has 2 aromatic rings. The van der Waals surface area contributed by atoms with Crippen LogP contribution in [-0.4, -0.2) is 15.7 Å². The Morgan fingerprint density at radius 2 is 2.28 bits per heavy atom. The maximum absolute atomic E-state index is 11.9. The first-order valence-electron chi connectivity index (χ1n) is 5.60. The molecule has 0 fully saturated rings. The van der Waals surface area contributed by atoms with Gasteiger partial charge in [0.15, 0.2) is 0 Å². The van der Waals surface area contributed by atoms with Crippen LogP contribution in [0.15, 0.2) is 36.5 Å². The minimum atomic E-state index is -0.118. The highest BCUT2D eigenvalue weighted by Gasteiger charge is 2.06. The second-order valence-electron chi connectivity index (χ2n) is 4.00. The van der Waals surface area contributed by atoms with Gasteiger partial charge in [0.05, 0.1) is 12.2 Å². The largest absolute Gasteiger partial charge is 0.346 e. The number of nitrogens with one attached hydrogen (secondary N) is 1. The molecule has 0 aliphatic rings. The van der Waals surface area contributed by atoms with Gasteiger partial charge in [-0.2, -0.15) is 5.10 Å². The molecule has 0 spiro atoms. The number of nitrogens with zero attached hydrogens (tertiary/aromatic N) is 2. The smallest absolute Gasteiger partial charge is 0.251 e. The van der Waals surface area contributed by atoms with Gasteiger partial charge >= 0.3 is 0 Å². The van der Waals surface area contributed by atoms with E-state index in [9.17, 15) is 4.79 Å². The Morgan fingerprint density at radius 3 is 2.94 bits per heavy atom. The van der Waals surface area contributed by atoms with Gasteiger partial charge in [-0.1, -0.05) is 12.1 Å². The van der Waals surface area contributed by atoms with Crippen LogP contribution in [0.4, 0.5) is 0 Å². The van der Waals surface area contributed by atoms with Crippen molar-refractivity contribution >= 4 is 17.5 Å². The SMILES string of the molecule is Cn1ccc(CNC(=O)c2cccc(CCl)c2)n1. The summed E-state index contributed by atoms with van der Waals surface area (Å²) in [6, 6.07) is 9.15. The summed E-state index contributed by atoms with van der Waals surface area (Å²) in [5.74, 6) is 0.286. The van der Waals surface area contributed by atoms with Gasteiger partial charge in [-0.3, -0.25) is 9.48 Å². The van der Waals surface area contributed by atoms with Gasteiger partial charge < -0.3 is 5.32 Å². The molecule has 2 rings (SSSR count). The molecule has 0 saturated heterocycles. The highest BCUT2D eigenvalue weighted by molar-refractivity contribution is 6.17. The van der Waals surface area contributed by atoms with E-state index in [0.29, 0.717) is 18.0 Å². The van der Waals surface area contributed by atoms with Crippen molar-refractivity contribution in [3.8, 4) is 0 Å². The maximum Gasteiger partial charge on any atom is 0.251 e. The zero-order valence-electron chi connectivity index (χ0n) is 10.1. The van der Waals surface area contributed by atoms with Crippen LogP contribution in [0.5, 0.6) is 0 Å². The van der Waals surface area contributed by atoms with Gasteiger partial charge in [0.1, 0.15) is 0 Å². The zero-order chi connectivity index (χ0) is 13.0. The number of amides is 1. The summed E-state index contributed by atoms with van der Waals surface area (Å²) in [7, 11) is 1.84. The van der Waals surface area contributed by atoms with Crippen molar-refractivity contribution in [2.75, 3.05) is 0 Å². The van der Waals surface area contributed by atoms with Crippen LogP contribution in [0.1, 0.15) is 21.6 Å². The van der Waals surface area contributed by atoms with Crippen LogP contribution in [0, 0.1) is 0 Å². The highest BCUT2D eigenvalue weighted by atomic mass is 35.5. The Bertz CT molecular complexity index is 551. The topological polar surface area (TPSA) is 46.9 Å². The number of aryl methyl sites for hydroxylation is 1. The summed E-state index contributed by atoms with van der Waals surface area (Å²) in [5, 5.41) is 7.01. The average molecular weight is 264 g/mol. The lowest BCUT2D eigenvalue weighted by Gasteiger charge is -2.04. The summed E-state index contributed by atoms with van der Waals surface area (Å²) < 4.78 is 1.70. The van der Waals surface area contributed by atoms with Crippen LogP contribution in [-0.2, 0) is 19.5 Å². The van der Waals surface area contributed by atoms with E-state index in [0.717, 1.165) is 11.3 Å². The highest BCUT2D eigenvalue weighted by Crippen LogP contribution is 2.08. The van der Waals surface area contributed by atoms with E-state index in [4.69, 9.17) is 11.6 Å². The molecular weight excluding hydrogens is 250 g/mol. The lowest BCUT2D eigenvalue weighted by atomic mass is 10.1. The normalized spacial score (nSPS) is 10.3. The molecule has 1 heterocycles. The van der Waals surface area contributed by atoms with Crippen molar-refractivity contribution in [2.45, 2.75) is 12.4 Å². The van der Waals surface area contributed by atoms with E-state index in [2.05, 4.69) is 10.4 Å². The van der Waals surface area contributed by atoms with Gasteiger partial charge in [-0.15, -0.1) is 11.6 Å². The summed E-state index contributed by atoms with van der Waals surface area (Å²) in [6.07, 6.45) is 1.84. The standard InChI is InChI=1S/C13H14ClN3O/c1-17-6-5-12(16-17)9-15-13(18)11-4-2-3-10(7-11)8-14/h2-7H,8-9H2,1H3,(H,15,18). The summed E-state index contributed by atoms with van der Waals surface area (Å²) in [4.78, 5) is 11.9. The van der Waals surface area contributed by atoms with E-state index < -0.39 is 0 Å². The molecule has 0 bridgehead atoms. The second kappa shape index (κ2) is 5.69. The zero-order valence-corrected chi connectivity index (χ0v) is 10.8. The fourth-order valence-corrected chi connectivity index (χ4v) is 1.79. The van der Waals surface area contributed by atoms with Gasteiger partial charge in [0.25, 0.3) is 5.91 Å². The predicted molar refractivity (Wildman–Crippen MR) is 70.4 cm³/mol. The maximum atomic E-state index is 11.9. The van der Waals surface area contributed by atoms with Crippen LogP contribution in [0.25, 0.3) is 0 Å². The monoisotopic (exact) mass is 263 g/mol. The molecule has 0 saturated carbocycles. The number of carbonyl (C=O) groups is 1. The Kier molecular flexibility index (Phi) is 3.99. The minimum Gasteiger partial charge on any atom is -0.346 e. The second-order valence-corrected chi connectivity index (χ2v) is 4.26. The number of hydrogen-bond donors (Lipinski definition) is 1. The molecule has 94 valence electrons. The number of hydrogen-bond acceptors (Lipinski definition) is 2. The van der Waals surface area contributed by atoms with Gasteiger partial charge in [0, 0.05) is 24.7 Å². The third kappa shape index (κ3) is 3.11. The van der Waals surface area contributed by atoms with Crippen molar-refractivity contribution in [1.29, 1.82) is 0 Å². The molecule has 1 amide bonds. The summed E-state index contributed by atoms with van der Waals surface area (Å²) in [5.41, 5.74) is 2.38. The minimum absolute atomic E-state index is 0.118. The quantitative estimate of drug-likeness (QED) is 0.859. The summed E-state index contributed by atoms with van der Waals surface area (Å²) in [6.45, 7) is 0.421. The van der Waals surface area contributed by atoms with Crippen LogP contribution in [0.3, 0.4) is 0 Å². The lowest BCUT2D eigenvalue weighted by molar-refractivity contribution is 0.0950. The Hall–Kier alpha value is -1.81. The number of halogens is 1. The third-order valence-electron chi connectivity index (χ3n) is 2.54. The van der Waals surface area contributed by atoms with E-state index in [1.165, 1.54) is 0 Å². The first-order valence-corrected chi connectivity index (χ1v) is 6.14. The van der Waals surface area contributed by atoms with Crippen molar-refractivity contribution in [3.05, 3.63) is 53.3 Å². The van der Waals surface area contributed by atoms with Crippen LogP contribution >= 0.6 is 11.6 Å². The first-order chi connectivity index (χ1) is 8.69. The molecular formula is C13H14ClN3O. The molecule has 5 heteroatoms. The van der Waals surface area contributed by atoms with Crippen molar-refractivity contribution in [1.82, 2.24) is 15.1 Å². The lowest BCUT2D eigenvalue weighted by Crippen LogP contribution is -2.23. The number of rotatable bonds is 4. The average Bonchev–Trinajstić information content (AvgIpc) is 2.82. The fraction of sp³-hybridized carbons (Fsp3) is 0.231. The number of aromatic nitrogens is 2. The number of alkyl halides is 1.